The number of anilines is 1. The molecule has 2 aromatic rings. The van der Waals surface area contributed by atoms with Crippen molar-refractivity contribution < 1.29 is 50.9 Å². The summed E-state index contributed by atoms with van der Waals surface area (Å²) in [5.74, 6) is -8.04. The molecule has 6 nitrogen and oxygen atoms in total. The number of hydrogen-bond donors (Lipinski definition) is 2. The number of hydrogen-bond acceptors (Lipinski definition) is 5. The number of nitrogens with zero attached hydrogens (tertiary/aromatic N) is 1. The fourth-order valence-electron chi connectivity index (χ4n) is 5.94. The zero-order valence-corrected chi connectivity index (χ0v) is 21.1. The average molecular weight is 608 g/mol. The summed E-state index contributed by atoms with van der Waals surface area (Å²) in [6, 6.07) is 5.14. The van der Waals surface area contributed by atoms with Gasteiger partial charge in [-0.3, -0.25) is 14.5 Å². The lowest BCUT2D eigenvalue weighted by molar-refractivity contribution is -0.265. The Hall–Kier alpha value is -2.64. The third-order valence-electron chi connectivity index (χ3n) is 7.72. The smallest absolute Gasteiger partial charge is 0.416 e. The molecule has 38 heavy (non-hydrogen) atoms. The molecule has 2 N–H and O–H groups in total. The lowest BCUT2D eigenvalue weighted by Crippen LogP contribution is -2.52. The predicted octanol–water partition coefficient (Wildman–Crippen LogP) is 5.80. The maximum absolute atomic E-state index is 13.5. The van der Waals surface area contributed by atoms with E-state index in [1.165, 1.54) is 6.07 Å². The second-order valence-corrected chi connectivity index (χ2v) is 10.9. The summed E-state index contributed by atoms with van der Waals surface area (Å²) in [5.41, 5.74) is -3.84. The van der Waals surface area contributed by atoms with Crippen LogP contribution in [0.2, 0.25) is 0 Å². The Morgan fingerprint density at radius 1 is 0.974 bits per heavy atom. The number of benzene rings is 2. The van der Waals surface area contributed by atoms with E-state index >= 15 is 0 Å². The van der Waals surface area contributed by atoms with E-state index in [9.17, 15) is 46.1 Å². The number of ether oxygens (including phenoxy) is 1. The molecular weight excluding hydrogens is 588 g/mol. The lowest BCUT2D eigenvalue weighted by Gasteiger charge is -2.43. The molecule has 13 heteroatoms. The highest BCUT2D eigenvalue weighted by Crippen LogP contribution is 2.59. The minimum Gasteiger partial charge on any atom is -0.508 e. The molecule has 0 unspecified atom stereocenters. The molecule has 0 spiro atoms. The Morgan fingerprint density at radius 3 is 2.16 bits per heavy atom. The van der Waals surface area contributed by atoms with Crippen LogP contribution in [0.25, 0.3) is 0 Å². The summed E-state index contributed by atoms with van der Waals surface area (Å²) in [7, 11) is 0. The topological polar surface area (TPSA) is 87.1 Å². The quantitative estimate of drug-likeness (QED) is 0.333. The number of imide groups is 1. The number of rotatable bonds is 2. The highest BCUT2D eigenvalue weighted by atomic mass is 79.9. The summed E-state index contributed by atoms with van der Waals surface area (Å²) in [6.07, 6.45) is -11.3. The number of aromatic hydroxyl groups is 1. The Morgan fingerprint density at radius 2 is 1.58 bits per heavy atom. The van der Waals surface area contributed by atoms with Gasteiger partial charge in [0.05, 0.1) is 34.8 Å². The highest BCUT2D eigenvalue weighted by molar-refractivity contribution is 9.10. The van der Waals surface area contributed by atoms with Crippen LogP contribution in [0.5, 0.6) is 5.75 Å². The van der Waals surface area contributed by atoms with Crippen LogP contribution in [-0.2, 0) is 26.7 Å². The van der Waals surface area contributed by atoms with Crippen molar-refractivity contribution in [3.8, 4) is 5.75 Å². The van der Waals surface area contributed by atoms with E-state index in [4.69, 9.17) is 4.74 Å². The first-order valence-corrected chi connectivity index (χ1v) is 12.4. The lowest BCUT2D eigenvalue weighted by atomic mass is 9.65. The van der Waals surface area contributed by atoms with Gasteiger partial charge in [0, 0.05) is 21.9 Å². The third-order valence-corrected chi connectivity index (χ3v) is 8.21. The second kappa shape index (κ2) is 8.68. The van der Waals surface area contributed by atoms with E-state index in [0.29, 0.717) is 27.1 Å². The first-order valence-electron chi connectivity index (χ1n) is 11.6. The first kappa shape index (κ1) is 26.9. The van der Waals surface area contributed by atoms with Crippen LogP contribution in [0.15, 0.2) is 40.9 Å². The maximum Gasteiger partial charge on any atom is 0.416 e. The SMILES string of the molecule is C[C@H]1C[C@@H]2C(=O)N(c3cc(C(F)(F)F)cc(C(F)(F)F)c3)C(=O)[C@@H]2[C@@H]2C[C@@H](c3cc(Br)ccc3O)O[C@]12O. The summed E-state index contributed by atoms with van der Waals surface area (Å²) >= 11 is 3.29. The molecule has 0 radical (unpaired) electrons. The molecule has 6 atom stereocenters. The predicted molar refractivity (Wildman–Crippen MR) is 122 cm³/mol. The number of alkyl halides is 6. The molecule has 2 amide bonds. The van der Waals surface area contributed by atoms with Crippen LogP contribution < -0.4 is 4.90 Å². The van der Waals surface area contributed by atoms with Crippen molar-refractivity contribution in [1.82, 2.24) is 0 Å². The van der Waals surface area contributed by atoms with Gasteiger partial charge in [0.25, 0.3) is 0 Å². The van der Waals surface area contributed by atoms with Crippen molar-refractivity contribution in [1.29, 1.82) is 0 Å². The number of fused-ring (bicyclic) bond motifs is 3. The molecule has 2 saturated heterocycles. The van der Waals surface area contributed by atoms with Gasteiger partial charge >= 0.3 is 12.4 Å². The van der Waals surface area contributed by atoms with Crippen LogP contribution in [0.3, 0.4) is 0 Å². The van der Waals surface area contributed by atoms with E-state index in [1.807, 2.05) is 0 Å². The van der Waals surface area contributed by atoms with Gasteiger partial charge in [0.1, 0.15) is 5.75 Å². The van der Waals surface area contributed by atoms with Crippen LogP contribution >= 0.6 is 15.9 Å². The molecule has 3 aliphatic rings. The minimum atomic E-state index is -5.16. The van der Waals surface area contributed by atoms with Gasteiger partial charge < -0.3 is 14.9 Å². The molecule has 1 saturated carbocycles. The average Bonchev–Trinajstić information content (AvgIpc) is 3.29. The van der Waals surface area contributed by atoms with Crippen molar-refractivity contribution >= 4 is 33.4 Å². The first-order chi connectivity index (χ1) is 17.5. The molecule has 0 aromatic heterocycles. The third kappa shape index (κ3) is 4.19. The highest BCUT2D eigenvalue weighted by Gasteiger charge is 2.66. The van der Waals surface area contributed by atoms with E-state index in [1.54, 1.807) is 19.1 Å². The molecule has 3 fully saturated rings. The van der Waals surface area contributed by atoms with Crippen LogP contribution in [0.4, 0.5) is 32.0 Å². The number of aliphatic hydroxyl groups is 1. The van der Waals surface area contributed by atoms with Gasteiger partial charge in [-0.25, -0.2) is 0 Å². The molecule has 1 aliphatic carbocycles. The summed E-state index contributed by atoms with van der Waals surface area (Å²) < 4.78 is 87.1. The van der Waals surface area contributed by atoms with Crippen molar-refractivity contribution in [3.63, 3.8) is 0 Å². The largest absolute Gasteiger partial charge is 0.508 e. The van der Waals surface area contributed by atoms with Gasteiger partial charge in [-0.2, -0.15) is 26.3 Å². The number of phenols is 1. The van der Waals surface area contributed by atoms with Crippen molar-refractivity contribution in [2.45, 2.75) is 44.0 Å². The molecule has 204 valence electrons. The Labute approximate surface area is 220 Å². The Kier molecular flexibility index (Phi) is 6.16. The second-order valence-electron chi connectivity index (χ2n) is 9.95. The molecular formula is C25H20BrF6NO5. The van der Waals surface area contributed by atoms with Gasteiger partial charge in [-0.05, 0) is 49.2 Å². The maximum atomic E-state index is 13.5. The number of phenolic OH excluding ortho intramolecular Hbond substituents is 1. The van der Waals surface area contributed by atoms with E-state index < -0.39 is 76.5 Å². The molecule has 5 rings (SSSR count). The van der Waals surface area contributed by atoms with Gasteiger partial charge in [0.2, 0.25) is 11.8 Å². The molecule has 0 bridgehead atoms. The van der Waals surface area contributed by atoms with Crippen LogP contribution in [-0.4, -0.2) is 27.8 Å². The standard InChI is InChI=1S/C25H20BrF6NO5/c1-10-4-16-20(17-9-19(38-23(10,17)37)15-8-13(26)2-3-18(15)34)22(36)33(21(16)35)14-6-11(24(27,28)29)5-12(7-14)25(30,31)32/h2-3,5-8,10,16-17,19-20,34,37H,4,9H2,1H3/t10-,16-,17-,19-,20-,23+/m0/s1. The summed E-state index contributed by atoms with van der Waals surface area (Å²) in [5, 5.41) is 21.8. The monoisotopic (exact) mass is 607 g/mol. The molecule has 2 heterocycles. The summed E-state index contributed by atoms with van der Waals surface area (Å²) in [4.78, 5) is 27.2. The zero-order valence-electron chi connectivity index (χ0n) is 19.5. The van der Waals surface area contributed by atoms with E-state index in [0.717, 1.165) is 0 Å². The normalized spacial score (nSPS) is 31.5. The van der Waals surface area contributed by atoms with Crippen molar-refractivity contribution in [3.05, 3.63) is 57.6 Å². The Bertz CT molecular complexity index is 1300. The van der Waals surface area contributed by atoms with Gasteiger partial charge in [-0.15, -0.1) is 0 Å². The number of amides is 2. The fourth-order valence-corrected chi connectivity index (χ4v) is 6.32. The zero-order chi connectivity index (χ0) is 27.9. The fraction of sp³-hybridized carbons (Fsp3) is 0.440. The van der Waals surface area contributed by atoms with Crippen molar-refractivity contribution in [2.24, 2.45) is 23.7 Å². The summed E-state index contributed by atoms with van der Waals surface area (Å²) in [6.45, 7) is 1.58. The number of carbonyl (C=O) groups excluding carboxylic acids is 2. The number of halogens is 7. The Balaban J connectivity index is 1.56. The van der Waals surface area contributed by atoms with E-state index in [2.05, 4.69) is 15.9 Å². The van der Waals surface area contributed by atoms with Crippen molar-refractivity contribution in [2.75, 3.05) is 4.90 Å². The minimum absolute atomic E-state index is 0.0186. The number of carbonyl (C=O) groups is 2. The molecule has 2 aliphatic heterocycles. The van der Waals surface area contributed by atoms with Crippen LogP contribution in [0.1, 0.15) is 42.6 Å². The van der Waals surface area contributed by atoms with E-state index in [-0.39, 0.29) is 24.7 Å². The van der Waals surface area contributed by atoms with Crippen LogP contribution in [0, 0.1) is 23.7 Å². The van der Waals surface area contributed by atoms with Gasteiger partial charge in [-0.1, -0.05) is 22.9 Å². The van der Waals surface area contributed by atoms with Gasteiger partial charge in [0.15, 0.2) is 5.79 Å². The molecule has 2 aromatic carbocycles.